The Hall–Kier alpha value is -1.12. The van der Waals surface area contributed by atoms with E-state index in [1.54, 1.807) is 0 Å². The number of nitrogens with one attached hydrogen (secondary N) is 1. The van der Waals surface area contributed by atoms with Crippen molar-refractivity contribution >= 4 is 37.6 Å². The quantitative estimate of drug-likeness (QED) is 0.773. The maximum absolute atomic E-state index is 11.9. The maximum atomic E-state index is 11.9. The van der Waals surface area contributed by atoms with Gasteiger partial charge < -0.3 is 9.84 Å². The Bertz CT molecular complexity index is 586. The molecule has 0 spiro atoms. The van der Waals surface area contributed by atoms with Gasteiger partial charge >= 0.3 is 5.97 Å². The molecule has 8 heteroatoms. The first-order valence-electron chi connectivity index (χ1n) is 5.86. The molecule has 0 aliphatic carbocycles. The normalized spacial score (nSPS) is 11.6. The van der Waals surface area contributed by atoms with Gasteiger partial charge in [-0.3, -0.25) is 4.72 Å². The second-order valence-corrected chi connectivity index (χ2v) is 7.04. The van der Waals surface area contributed by atoms with E-state index in [4.69, 9.17) is 9.84 Å². The molecular formula is C12H16BrNO5S. The van der Waals surface area contributed by atoms with Gasteiger partial charge in [0.05, 0.1) is 29.7 Å². The summed E-state index contributed by atoms with van der Waals surface area (Å²) in [7, 11) is -3.59. The summed E-state index contributed by atoms with van der Waals surface area (Å²) in [5.74, 6) is -1.32. The van der Waals surface area contributed by atoms with Gasteiger partial charge in [0, 0.05) is 4.47 Å². The van der Waals surface area contributed by atoms with Crippen LogP contribution >= 0.6 is 15.9 Å². The first kappa shape index (κ1) is 16.9. The number of hydrogen-bond acceptors (Lipinski definition) is 4. The third-order valence-corrected chi connectivity index (χ3v) is 4.21. The van der Waals surface area contributed by atoms with Crippen LogP contribution in [0, 0.1) is 0 Å². The van der Waals surface area contributed by atoms with Gasteiger partial charge in [0.2, 0.25) is 10.0 Å². The van der Waals surface area contributed by atoms with E-state index in [-0.39, 0.29) is 29.7 Å². The van der Waals surface area contributed by atoms with Crippen LogP contribution in [-0.4, -0.2) is 38.0 Å². The fraction of sp³-hybridized carbons (Fsp3) is 0.417. The van der Waals surface area contributed by atoms with E-state index in [1.165, 1.54) is 18.2 Å². The third-order valence-electron chi connectivity index (χ3n) is 2.28. The van der Waals surface area contributed by atoms with Crippen LogP contribution in [0.4, 0.5) is 5.69 Å². The van der Waals surface area contributed by atoms with Crippen LogP contribution in [0.1, 0.15) is 24.2 Å². The number of aromatic carboxylic acids is 1. The predicted octanol–water partition coefficient (Wildman–Crippen LogP) is 2.31. The van der Waals surface area contributed by atoms with Crippen molar-refractivity contribution in [1.82, 2.24) is 0 Å². The van der Waals surface area contributed by atoms with E-state index in [9.17, 15) is 13.2 Å². The lowest BCUT2D eigenvalue weighted by Crippen LogP contribution is -2.22. The topological polar surface area (TPSA) is 92.7 Å². The highest BCUT2D eigenvalue weighted by Gasteiger charge is 2.14. The molecule has 1 rings (SSSR count). The van der Waals surface area contributed by atoms with Gasteiger partial charge in [0.1, 0.15) is 0 Å². The van der Waals surface area contributed by atoms with E-state index in [2.05, 4.69) is 20.7 Å². The van der Waals surface area contributed by atoms with Crippen LogP contribution in [0.5, 0.6) is 0 Å². The van der Waals surface area contributed by atoms with Crippen molar-refractivity contribution in [3.05, 3.63) is 28.2 Å². The lowest BCUT2D eigenvalue weighted by molar-refractivity contribution is 0.0696. The Morgan fingerprint density at radius 2 is 2.10 bits per heavy atom. The SMILES string of the molecule is CC(C)OCCS(=O)(=O)Nc1cc(C(=O)O)ccc1Br. The van der Waals surface area contributed by atoms with Gasteiger partial charge in [-0.1, -0.05) is 0 Å². The molecular weight excluding hydrogens is 350 g/mol. The molecule has 0 heterocycles. The number of hydrogen-bond donors (Lipinski definition) is 2. The molecule has 112 valence electrons. The van der Waals surface area contributed by atoms with Crippen LogP contribution in [0.2, 0.25) is 0 Å². The summed E-state index contributed by atoms with van der Waals surface area (Å²) in [6, 6.07) is 4.12. The largest absolute Gasteiger partial charge is 0.478 e. The van der Waals surface area contributed by atoms with E-state index >= 15 is 0 Å². The minimum absolute atomic E-state index is 0.00401. The molecule has 6 nitrogen and oxygen atoms in total. The molecule has 0 aliphatic heterocycles. The molecule has 0 saturated carbocycles. The van der Waals surface area contributed by atoms with Crippen LogP contribution in [0.25, 0.3) is 0 Å². The fourth-order valence-electron chi connectivity index (χ4n) is 1.35. The molecule has 0 aliphatic rings. The lowest BCUT2D eigenvalue weighted by atomic mass is 10.2. The number of anilines is 1. The standard InChI is InChI=1S/C12H16BrNO5S/c1-8(2)19-5-6-20(17,18)14-11-7-9(12(15)16)3-4-10(11)13/h3-4,7-8,14H,5-6H2,1-2H3,(H,15,16). The highest BCUT2D eigenvalue weighted by Crippen LogP contribution is 2.24. The molecule has 2 N–H and O–H groups in total. The summed E-state index contributed by atoms with van der Waals surface area (Å²) >= 11 is 3.17. The summed E-state index contributed by atoms with van der Waals surface area (Å²) in [6.07, 6.45) is -0.0488. The van der Waals surface area contributed by atoms with Gasteiger partial charge in [-0.25, -0.2) is 13.2 Å². The van der Waals surface area contributed by atoms with Gasteiger partial charge in [0.25, 0.3) is 0 Å². The average Bonchev–Trinajstić information content (AvgIpc) is 2.30. The molecule has 0 aromatic heterocycles. The molecule has 0 atom stereocenters. The summed E-state index contributed by atoms with van der Waals surface area (Å²) in [5.41, 5.74) is 0.193. The van der Waals surface area contributed by atoms with Crippen molar-refractivity contribution in [1.29, 1.82) is 0 Å². The van der Waals surface area contributed by atoms with Gasteiger partial charge in [-0.05, 0) is 48.0 Å². The van der Waals surface area contributed by atoms with Gasteiger partial charge in [0.15, 0.2) is 0 Å². The zero-order chi connectivity index (χ0) is 15.3. The molecule has 1 aromatic rings. The minimum atomic E-state index is -3.59. The lowest BCUT2D eigenvalue weighted by Gasteiger charge is -2.11. The number of ether oxygens (including phenoxy) is 1. The zero-order valence-electron chi connectivity index (χ0n) is 11.1. The Morgan fingerprint density at radius 1 is 1.45 bits per heavy atom. The number of benzene rings is 1. The minimum Gasteiger partial charge on any atom is -0.478 e. The number of rotatable bonds is 7. The molecule has 0 saturated heterocycles. The fourth-order valence-corrected chi connectivity index (χ4v) is 2.75. The maximum Gasteiger partial charge on any atom is 0.335 e. The molecule has 1 aromatic carbocycles. The van der Waals surface area contributed by atoms with E-state index in [1.807, 2.05) is 13.8 Å². The first-order chi connectivity index (χ1) is 9.21. The summed E-state index contributed by atoms with van der Waals surface area (Å²) in [5, 5.41) is 8.89. The first-order valence-corrected chi connectivity index (χ1v) is 8.31. The van der Waals surface area contributed by atoms with Crippen molar-refractivity contribution in [3.8, 4) is 0 Å². The number of carboxylic acids is 1. The Balaban J connectivity index is 2.81. The zero-order valence-corrected chi connectivity index (χ0v) is 13.5. The molecule has 0 unspecified atom stereocenters. The molecule has 0 amide bonds. The number of sulfonamides is 1. The number of carboxylic acid groups (broad SMARTS) is 1. The second kappa shape index (κ2) is 7.05. The predicted molar refractivity (Wildman–Crippen MR) is 79.6 cm³/mol. The second-order valence-electron chi connectivity index (χ2n) is 4.34. The molecule has 0 fully saturated rings. The highest BCUT2D eigenvalue weighted by molar-refractivity contribution is 9.10. The highest BCUT2D eigenvalue weighted by atomic mass is 79.9. The van der Waals surface area contributed by atoms with E-state index in [0.717, 1.165) is 0 Å². The third kappa shape index (κ3) is 5.48. The summed E-state index contributed by atoms with van der Waals surface area (Å²) in [6.45, 7) is 3.70. The Morgan fingerprint density at radius 3 is 2.65 bits per heavy atom. The van der Waals surface area contributed by atoms with Crippen LogP contribution < -0.4 is 4.72 Å². The number of carbonyl (C=O) groups is 1. The molecule has 0 bridgehead atoms. The van der Waals surface area contributed by atoms with Crippen molar-refractivity contribution < 1.29 is 23.1 Å². The Kier molecular flexibility index (Phi) is 5.97. The van der Waals surface area contributed by atoms with Crippen LogP contribution in [-0.2, 0) is 14.8 Å². The number of halogens is 1. The van der Waals surface area contributed by atoms with Gasteiger partial charge in [-0.15, -0.1) is 0 Å². The van der Waals surface area contributed by atoms with Crippen molar-refractivity contribution in [3.63, 3.8) is 0 Å². The summed E-state index contributed by atoms with van der Waals surface area (Å²) in [4.78, 5) is 10.9. The van der Waals surface area contributed by atoms with Crippen molar-refractivity contribution in [2.24, 2.45) is 0 Å². The van der Waals surface area contributed by atoms with Crippen molar-refractivity contribution in [2.45, 2.75) is 20.0 Å². The summed E-state index contributed by atoms with van der Waals surface area (Å²) < 4.78 is 31.7. The smallest absolute Gasteiger partial charge is 0.335 e. The monoisotopic (exact) mass is 365 g/mol. The Labute approximate surface area is 126 Å². The van der Waals surface area contributed by atoms with Crippen LogP contribution in [0.15, 0.2) is 22.7 Å². The van der Waals surface area contributed by atoms with E-state index in [0.29, 0.717) is 4.47 Å². The van der Waals surface area contributed by atoms with Crippen molar-refractivity contribution in [2.75, 3.05) is 17.1 Å². The van der Waals surface area contributed by atoms with E-state index < -0.39 is 16.0 Å². The average molecular weight is 366 g/mol. The van der Waals surface area contributed by atoms with Gasteiger partial charge in [-0.2, -0.15) is 0 Å². The molecule has 20 heavy (non-hydrogen) atoms. The van der Waals surface area contributed by atoms with Crippen LogP contribution in [0.3, 0.4) is 0 Å². The molecule has 0 radical (unpaired) electrons.